The number of amides is 1. The van der Waals surface area contributed by atoms with Crippen LogP contribution in [0.1, 0.15) is 18.1 Å². The molecule has 6 nitrogen and oxygen atoms in total. The lowest BCUT2D eigenvalue weighted by Gasteiger charge is -2.33. The number of likely N-dealkylation sites (N-methyl/N-ethyl adjacent to an activating group) is 1. The summed E-state index contributed by atoms with van der Waals surface area (Å²) in [4.78, 5) is 24.8. The molecule has 0 radical (unpaired) electrons. The van der Waals surface area contributed by atoms with Gasteiger partial charge in [-0.05, 0) is 37.3 Å². The lowest BCUT2D eigenvalue weighted by molar-refractivity contribution is -0.129. The number of aliphatic imine (C=N–C) groups is 1. The maximum atomic E-state index is 11.9. The van der Waals surface area contributed by atoms with Crippen molar-refractivity contribution in [2.75, 3.05) is 38.2 Å². The third-order valence-electron chi connectivity index (χ3n) is 4.57. The second-order valence-electron chi connectivity index (χ2n) is 6.21. The summed E-state index contributed by atoms with van der Waals surface area (Å²) in [5.41, 5.74) is 4.03. The summed E-state index contributed by atoms with van der Waals surface area (Å²) in [7, 11) is 1.83. The number of piperazine rings is 1. The van der Waals surface area contributed by atoms with E-state index in [0.717, 1.165) is 40.6 Å². The SMILES string of the molecule is CCOc1ccc2c(c1)C(c1ccnc(N3CCN(C)C(=O)C3)c1)=N2. The molecule has 0 atom stereocenters. The summed E-state index contributed by atoms with van der Waals surface area (Å²) in [5.74, 6) is 1.79. The predicted molar refractivity (Wildman–Crippen MR) is 97.0 cm³/mol. The highest BCUT2D eigenvalue weighted by Crippen LogP contribution is 2.36. The molecule has 1 amide bonds. The molecule has 1 saturated heterocycles. The molecule has 4 rings (SSSR count). The van der Waals surface area contributed by atoms with Crippen molar-refractivity contribution < 1.29 is 9.53 Å². The van der Waals surface area contributed by atoms with Crippen molar-refractivity contribution in [3.8, 4) is 5.75 Å². The predicted octanol–water partition coefficient (Wildman–Crippen LogP) is 2.24. The number of benzene rings is 1. The van der Waals surface area contributed by atoms with Crippen LogP contribution in [0.3, 0.4) is 0 Å². The van der Waals surface area contributed by atoms with Gasteiger partial charge in [0.05, 0.1) is 24.6 Å². The lowest BCUT2D eigenvalue weighted by atomic mass is 9.96. The highest BCUT2D eigenvalue weighted by atomic mass is 16.5. The Labute approximate surface area is 146 Å². The highest BCUT2D eigenvalue weighted by molar-refractivity contribution is 6.22. The molecule has 6 heteroatoms. The van der Waals surface area contributed by atoms with E-state index in [9.17, 15) is 4.79 Å². The Kier molecular flexibility index (Phi) is 3.87. The standard InChI is InChI=1S/C19H20N4O2/c1-3-25-14-4-5-16-15(11-14)19(21-16)13-6-7-20-17(10-13)23-9-8-22(2)18(24)12-23/h4-7,10-11H,3,8-9,12H2,1-2H3. The first-order chi connectivity index (χ1) is 12.2. The molecule has 0 aliphatic carbocycles. The molecule has 25 heavy (non-hydrogen) atoms. The van der Waals surface area contributed by atoms with Gasteiger partial charge in [0.25, 0.3) is 0 Å². The van der Waals surface area contributed by atoms with Crippen LogP contribution in [0.25, 0.3) is 0 Å². The van der Waals surface area contributed by atoms with Gasteiger partial charge in [-0.2, -0.15) is 0 Å². The Morgan fingerprint density at radius 3 is 2.88 bits per heavy atom. The van der Waals surface area contributed by atoms with Gasteiger partial charge in [-0.15, -0.1) is 0 Å². The van der Waals surface area contributed by atoms with E-state index in [0.29, 0.717) is 19.7 Å². The Hall–Kier alpha value is -2.89. The zero-order chi connectivity index (χ0) is 17.4. The number of hydrogen-bond acceptors (Lipinski definition) is 5. The fourth-order valence-electron chi connectivity index (χ4n) is 3.10. The third kappa shape index (κ3) is 2.84. The van der Waals surface area contributed by atoms with Gasteiger partial charge in [0.15, 0.2) is 0 Å². The van der Waals surface area contributed by atoms with Crippen LogP contribution in [0.15, 0.2) is 41.5 Å². The van der Waals surface area contributed by atoms with E-state index in [2.05, 4.69) is 9.98 Å². The summed E-state index contributed by atoms with van der Waals surface area (Å²) in [6.07, 6.45) is 1.78. The van der Waals surface area contributed by atoms with Gasteiger partial charge in [-0.3, -0.25) is 4.79 Å². The van der Waals surface area contributed by atoms with Crippen molar-refractivity contribution in [2.24, 2.45) is 4.99 Å². The van der Waals surface area contributed by atoms with Crippen LogP contribution >= 0.6 is 0 Å². The summed E-state index contributed by atoms with van der Waals surface area (Å²) in [5, 5.41) is 0. The van der Waals surface area contributed by atoms with Crippen LogP contribution in [-0.2, 0) is 4.79 Å². The highest BCUT2D eigenvalue weighted by Gasteiger charge is 2.24. The van der Waals surface area contributed by atoms with Gasteiger partial charge in [0.1, 0.15) is 11.6 Å². The lowest BCUT2D eigenvalue weighted by Crippen LogP contribution is -2.48. The van der Waals surface area contributed by atoms with Gasteiger partial charge < -0.3 is 14.5 Å². The molecule has 0 spiro atoms. The fourth-order valence-corrected chi connectivity index (χ4v) is 3.10. The van der Waals surface area contributed by atoms with E-state index in [1.807, 2.05) is 49.2 Å². The van der Waals surface area contributed by atoms with Crippen LogP contribution in [0, 0.1) is 0 Å². The molecule has 128 valence electrons. The number of ether oxygens (including phenoxy) is 1. The fraction of sp³-hybridized carbons (Fsp3) is 0.316. The minimum absolute atomic E-state index is 0.117. The van der Waals surface area contributed by atoms with Crippen molar-refractivity contribution in [3.05, 3.63) is 47.7 Å². The number of carbonyl (C=O) groups excluding carboxylic acids is 1. The normalized spacial score (nSPS) is 16.2. The van der Waals surface area contributed by atoms with Crippen LogP contribution in [0.5, 0.6) is 5.75 Å². The smallest absolute Gasteiger partial charge is 0.241 e. The monoisotopic (exact) mass is 336 g/mol. The van der Waals surface area contributed by atoms with E-state index in [-0.39, 0.29) is 5.91 Å². The largest absolute Gasteiger partial charge is 0.494 e. The zero-order valence-electron chi connectivity index (χ0n) is 14.4. The van der Waals surface area contributed by atoms with Crippen LogP contribution in [0.4, 0.5) is 11.5 Å². The van der Waals surface area contributed by atoms with Gasteiger partial charge in [0.2, 0.25) is 5.91 Å². The minimum Gasteiger partial charge on any atom is -0.494 e. The van der Waals surface area contributed by atoms with Crippen molar-refractivity contribution in [1.82, 2.24) is 9.88 Å². The van der Waals surface area contributed by atoms with Crippen molar-refractivity contribution in [2.45, 2.75) is 6.92 Å². The van der Waals surface area contributed by atoms with Gasteiger partial charge in [-0.1, -0.05) is 0 Å². The molecule has 1 aromatic carbocycles. The molecule has 2 aliphatic rings. The van der Waals surface area contributed by atoms with Gasteiger partial charge >= 0.3 is 0 Å². The number of nitrogens with zero attached hydrogens (tertiary/aromatic N) is 4. The Bertz CT molecular complexity index is 862. The first kappa shape index (κ1) is 15.6. The number of fused-ring (bicyclic) bond motifs is 1. The Morgan fingerprint density at radius 1 is 1.20 bits per heavy atom. The van der Waals surface area contributed by atoms with Crippen molar-refractivity contribution in [1.29, 1.82) is 0 Å². The number of aromatic nitrogens is 1. The molecule has 1 fully saturated rings. The minimum atomic E-state index is 0.117. The number of hydrogen-bond donors (Lipinski definition) is 0. The van der Waals surface area contributed by atoms with Crippen molar-refractivity contribution >= 4 is 23.1 Å². The second kappa shape index (κ2) is 6.20. The van der Waals surface area contributed by atoms with Gasteiger partial charge in [-0.25, -0.2) is 9.98 Å². The van der Waals surface area contributed by atoms with Crippen molar-refractivity contribution in [3.63, 3.8) is 0 Å². The average Bonchev–Trinajstić information content (AvgIpc) is 2.60. The molecule has 1 aromatic heterocycles. The molecule has 2 aliphatic heterocycles. The Morgan fingerprint density at radius 2 is 2.08 bits per heavy atom. The van der Waals surface area contributed by atoms with E-state index in [1.165, 1.54) is 0 Å². The number of rotatable bonds is 4. The number of pyridine rings is 1. The number of carbonyl (C=O) groups is 1. The average molecular weight is 336 g/mol. The molecule has 0 saturated carbocycles. The summed E-state index contributed by atoms with van der Waals surface area (Å²) < 4.78 is 5.58. The molecule has 0 N–H and O–H groups in total. The van der Waals surface area contributed by atoms with E-state index >= 15 is 0 Å². The molecular formula is C19H20N4O2. The van der Waals surface area contributed by atoms with Crippen LogP contribution in [-0.4, -0.2) is 54.8 Å². The van der Waals surface area contributed by atoms with Crippen LogP contribution < -0.4 is 9.64 Å². The van der Waals surface area contributed by atoms with E-state index in [4.69, 9.17) is 4.74 Å². The summed E-state index contributed by atoms with van der Waals surface area (Å²) in [6.45, 7) is 4.48. The topological polar surface area (TPSA) is 58.0 Å². The summed E-state index contributed by atoms with van der Waals surface area (Å²) in [6, 6.07) is 9.91. The molecule has 2 aromatic rings. The van der Waals surface area contributed by atoms with E-state index in [1.54, 1.807) is 11.1 Å². The molecule has 0 unspecified atom stereocenters. The first-order valence-corrected chi connectivity index (χ1v) is 8.47. The number of anilines is 1. The summed E-state index contributed by atoms with van der Waals surface area (Å²) >= 11 is 0. The molecule has 3 heterocycles. The zero-order valence-corrected chi connectivity index (χ0v) is 14.4. The second-order valence-corrected chi connectivity index (χ2v) is 6.21. The third-order valence-corrected chi connectivity index (χ3v) is 4.57. The molecular weight excluding hydrogens is 316 g/mol. The van der Waals surface area contributed by atoms with Gasteiger partial charge in [0, 0.05) is 37.5 Å². The maximum Gasteiger partial charge on any atom is 0.241 e. The Balaban J connectivity index is 1.59. The molecule has 0 bridgehead atoms. The maximum absolute atomic E-state index is 11.9. The van der Waals surface area contributed by atoms with Crippen LogP contribution in [0.2, 0.25) is 0 Å². The first-order valence-electron chi connectivity index (χ1n) is 8.47. The quantitative estimate of drug-likeness (QED) is 0.733. The van der Waals surface area contributed by atoms with E-state index < -0.39 is 0 Å².